The van der Waals surface area contributed by atoms with Gasteiger partial charge in [-0.15, -0.1) is 0 Å². The maximum atomic E-state index is 12.1. The van der Waals surface area contributed by atoms with Crippen LogP contribution in [0.2, 0.25) is 0 Å². The fourth-order valence-electron chi connectivity index (χ4n) is 2.18. The van der Waals surface area contributed by atoms with Crippen LogP contribution in [-0.4, -0.2) is 36.0 Å². The minimum absolute atomic E-state index is 0.290. The van der Waals surface area contributed by atoms with E-state index in [0.717, 1.165) is 20.5 Å². The van der Waals surface area contributed by atoms with E-state index in [1.54, 1.807) is 0 Å². The van der Waals surface area contributed by atoms with Crippen LogP contribution < -0.4 is 0 Å². The number of rotatable bonds is 4. The van der Waals surface area contributed by atoms with Gasteiger partial charge in [0.25, 0.3) is 0 Å². The summed E-state index contributed by atoms with van der Waals surface area (Å²) < 4.78 is 6.40. The fraction of sp³-hybridized carbons (Fsp3) is 0.118. The Morgan fingerprint density at radius 2 is 1.86 bits per heavy atom. The van der Waals surface area contributed by atoms with Gasteiger partial charge in [-0.05, 0) is 0 Å². The van der Waals surface area contributed by atoms with Crippen LogP contribution >= 0.6 is 0 Å². The zero-order chi connectivity index (χ0) is 14.7. The number of aromatic amines is 1. The molecule has 0 aliphatic rings. The quantitative estimate of drug-likeness (QED) is 0.592. The van der Waals surface area contributed by atoms with E-state index in [4.69, 9.17) is 4.74 Å². The summed E-state index contributed by atoms with van der Waals surface area (Å²) in [4.78, 5) is 15.2. The number of carbonyl (C=O) groups excluding carboxylic acids is 1. The molecule has 0 spiro atoms. The first-order chi connectivity index (χ1) is 10.3. The first-order valence-corrected chi connectivity index (χ1v) is 8.91. The van der Waals surface area contributed by atoms with Crippen molar-refractivity contribution in [2.24, 2.45) is 0 Å². The van der Waals surface area contributed by atoms with E-state index >= 15 is 0 Å². The first-order valence-electron chi connectivity index (χ1n) is 6.67. The van der Waals surface area contributed by atoms with Gasteiger partial charge in [0.1, 0.15) is 0 Å². The molecule has 0 amide bonds. The molecule has 105 valence electrons. The SMILES string of the molecule is O=C(OCc1ccccc1)c1cc2cc([CH2][Po])ccc2[nH]1. The van der Waals surface area contributed by atoms with Crippen molar-refractivity contribution >= 4 is 41.9 Å². The van der Waals surface area contributed by atoms with Crippen LogP contribution in [-0.2, 0) is 15.4 Å². The molecule has 1 radical (unpaired) electrons. The number of fused-ring (bicyclic) bond motifs is 1. The van der Waals surface area contributed by atoms with Gasteiger partial charge in [-0.25, -0.2) is 0 Å². The summed E-state index contributed by atoms with van der Waals surface area (Å²) in [6.45, 7) is 0.290. The van der Waals surface area contributed by atoms with Crippen molar-refractivity contribution < 1.29 is 9.53 Å². The second kappa shape index (κ2) is 6.41. The van der Waals surface area contributed by atoms with E-state index in [2.05, 4.69) is 17.1 Å². The average molecular weight is 473 g/mol. The predicted octanol–water partition coefficient (Wildman–Crippen LogP) is 3.19. The van der Waals surface area contributed by atoms with Gasteiger partial charge in [0.15, 0.2) is 0 Å². The molecule has 1 N–H and O–H groups in total. The monoisotopic (exact) mass is 473 g/mol. The Hall–Kier alpha value is -1.65. The van der Waals surface area contributed by atoms with Crippen LogP contribution in [0.1, 0.15) is 21.6 Å². The molecule has 2 aromatic carbocycles. The third-order valence-corrected chi connectivity index (χ3v) is 4.58. The van der Waals surface area contributed by atoms with Gasteiger partial charge in [0.05, 0.1) is 0 Å². The predicted molar refractivity (Wildman–Crippen MR) is 83.3 cm³/mol. The van der Waals surface area contributed by atoms with Gasteiger partial charge in [0.2, 0.25) is 0 Å². The van der Waals surface area contributed by atoms with Crippen LogP contribution in [0.15, 0.2) is 54.6 Å². The van der Waals surface area contributed by atoms with Crippen LogP contribution in [0.3, 0.4) is 0 Å². The molecular weight excluding hydrogens is 459 g/mol. The second-order valence-electron chi connectivity index (χ2n) is 4.81. The molecule has 3 rings (SSSR count). The summed E-state index contributed by atoms with van der Waals surface area (Å²) >= 11 is 1.53. The third kappa shape index (κ3) is 3.33. The topological polar surface area (TPSA) is 42.1 Å². The Balaban J connectivity index is 1.75. The zero-order valence-corrected chi connectivity index (χ0v) is 14.5. The Morgan fingerprint density at radius 3 is 2.62 bits per heavy atom. The van der Waals surface area contributed by atoms with E-state index in [1.807, 2.05) is 42.5 Å². The van der Waals surface area contributed by atoms with E-state index in [0.29, 0.717) is 12.3 Å². The number of benzene rings is 2. The number of carbonyl (C=O) groups is 1. The van der Waals surface area contributed by atoms with Crippen molar-refractivity contribution in [2.75, 3.05) is 0 Å². The van der Waals surface area contributed by atoms with Gasteiger partial charge in [0, 0.05) is 0 Å². The summed E-state index contributed by atoms with van der Waals surface area (Å²) in [5, 5.41) is 1.06. The summed E-state index contributed by atoms with van der Waals surface area (Å²) in [6.07, 6.45) is 0. The van der Waals surface area contributed by atoms with E-state index in [9.17, 15) is 4.79 Å². The molecule has 3 nitrogen and oxygen atoms in total. The molecule has 0 unspecified atom stereocenters. The van der Waals surface area contributed by atoms with Gasteiger partial charge in [-0.1, -0.05) is 6.07 Å². The fourth-order valence-corrected chi connectivity index (χ4v) is 2.88. The van der Waals surface area contributed by atoms with Crippen LogP contribution in [0.5, 0.6) is 0 Å². The summed E-state index contributed by atoms with van der Waals surface area (Å²) in [7, 11) is 0. The molecule has 0 bridgehead atoms. The normalized spacial score (nSPS) is 10.7. The number of H-pyrrole nitrogens is 1. The summed E-state index contributed by atoms with van der Waals surface area (Å²) in [5.41, 5.74) is 3.74. The Bertz CT molecular complexity index is 765. The second-order valence-corrected chi connectivity index (χ2v) is 5.93. The van der Waals surface area contributed by atoms with Gasteiger partial charge < -0.3 is 0 Å². The van der Waals surface area contributed by atoms with Crippen molar-refractivity contribution in [3.63, 3.8) is 0 Å². The molecule has 21 heavy (non-hydrogen) atoms. The molecular formula is C17H14NO2Po. The van der Waals surface area contributed by atoms with Crippen molar-refractivity contribution in [3.8, 4) is 0 Å². The first kappa shape index (κ1) is 14.3. The van der Waals surface area contributed by atoms with Crippen molar-refractivity contribution in [1.82, 2.24) is 4.98 Å². The Morgan fingerprint density at radius 1 is 1.05 bits per heavy atom. The number of ether oxygens (including phenoxy) is 1. The van der Waals surface area contributed by atoms with Crippen molar-refractivity contribution in [2.45, 2.75) is 10.7 Å². The summed E-state index contributed by atoms with van der Waals surface area (Å²) in [6, 6.07) is 17.8. The van der Waals surface area contributed by atoms with Crippen LogP contribution in [0, 0.1) is 0 Å². The molecule has 3 aromatic rings. The standard InChI is InChI=1S/C17H14NO2.Po/c1-12-7-8-15-14(9-12)10-16(18-15)17(19)20-11-13-5-3-2-4-6-13;/h2-10,18H,1,11H2;. The zero-order valence-electron chi connectivity index (χ0n) is 11.3. The molecule has 4 heteroatoms. The number of hydrogen-bond donors (Lipinski definition) is 1. The van der Waals surface area contributed by atoms with Crippen LogP contribution in [0.25, 0.3) is 10.9 Å². The average Bonchev–Trinajstić information content (AvgIpc) is 2.96. The molecule has 0 aliphatic heterocycles. The molecule has 0 aliphatic carbocycles. The molecule has 0 fully saturated rings. The van der Waals surface area contributed by atoms with E-state index < -0.39 is 0 Å². The minimum atomic E-state index is -0.321. The molecule has 0 saturated carbocycles. The Labute approximate surface area is 138 Å². The van der Waals surface area contributed by atoms with Gasteiger partial charge in [-0.2, -0.15) is 0 Å². The number of hydrogen-bond acceptors (Lipinski definition) is 2. The van der Waals surface area contributed by atoms with E-state index in [-0.39, 0.29) is 5.97 Å². The van der Waals surface area contributed by atoms with Gasteiger partial charge in [-0.3, -0.25) is 0 Å². The summed E-state index contributed by atoms with van der Waals surface area (Å²) in [5.74, 6) is -0.321. The number of nitrogens with one attached hydrogen (secondary N) is 1. The molecule has 1 aromatic heterocycles. The molecule has 0 saturated heterocycles. The van der Waals surface area contributed by atoms with Gasteiger partial charge >= 0.3 is 132 Å². The van der Waals surface area contributed by atoms with E-state index in [1.165, 1.54) is 30.6 Å². The Kier molecular flexibility index (Phi) is 4.36. The maximum absolute atomic E-state index is 12.1. The van der Waals surface area contributed by atoms with Crippen molar-refractivity contribution in [1.29, 1.82) is 0 Å². The number of aromatic nitrogens is 1. The molecule has 0 atom stereocenters. The van der Waals surface area contributed by atoms with Crippen LogP contribution in [0.4, 0.5) is 0 Å². The third-order valence-electron chi connectivity index (χ3n) is 3.28. The number of esters is 1. The molecule has 1 heterocycles. The van der Waals surface area contributed by atoms with Crippen molar-refractivity contribution in [3.05, 3.63) is 71.4 Å².